The number of anilines is 1. The van der Waals surface area contributed by atoms with Gasteiger partial charge in [-0.1, -0.05) is 51.3 Å². The first-order valence-electron chi connectivity index (χ1n) is 12.1. The van der Waals surface area contributed by atoms with Crippen LogP contribution >= 0.6 is 0 Å². The number of para-hydroxylation sites is 1. The molecule has 0 aromatic heterocycles. The molecule has 1 aliphatic rings. The van der Waals surface area contributed by atoms with Crippen molar-refractivity contribution in [3.8, 4) is 5.75 Å². The van der Waals surface area contributed by atoms with Gasteiger partial charge in [0, 0.05) is 31.2 Å². The highest BCUT2D eigenvalue weighted by Crippen LogP contribution is 2.26. The number of nitrogens with zero attached hydrogens (tertiary/aromatic N) is 2. The van der Waals surface area contributed by atoms with Gasteiger partial charge in [0.15, 0.2) is 6.61 Å². The summed E-state index contributed by atoms with van der Waals surface area (Å²) in [6, 6.07) is 13.4. The molecular weight excluding hydrogens is 466 g/mol. The number of ether oxygens (including phenoxy) is 1. The Morgan fingerprint density at radius 3 is 2.23 bits per heavy atom. The molecular formula is C26H35N3O5S. The zero-order valence-electron chi connectivity index (χ0n) is 20.5. The lowest BCUT2D eigenvalue weighted by Gasteiger charge is -2.30. The SMILES string of the molecule is CC(C)C(=O)N1CCCCCCCN(C(=O)COc2ccc(S(N)(=O)=O)cc2)Cc2ccccc21. The highest BCUT2D eigenvalue weighted by molar-refractivity contribution is 7.89. The van der Waals surface area contributed by atoms with Gasteiger partial charge < -0.3 is 14.5 Å². The molecule has 1 aliphatic heterocycles. The summed E-state index contributed by atoms with van der Waals surface area (Å²) in [5, 5.41) is 5.13. The molecule has 0 bridgehead atoms. The Hall–Kier alpha value is -2.91. The van der Waals surface area contributed by atoms with E-state index in [9.17, 15) is 18.0 Å². The Balaban J connectivity index is 1.78. The topological polar surface area (TPSA) is 110 Å². The van der Waals surface area contributed by atoms with Gasteiger partial charge >= 0.3 is 0 Å². The van der Waals surface area contributed by atoms with Crippen LogP contribution in [0.4, 0.5) is 5.69 Å². The molecule has 2 N–H and O–H groups in total. The molecule has 2 aromatic rings. The number of hydrogen-bond donors (Lipinski definition) is 1. The maximum absolute atomic E-state index is 13.2. The molecule has 0 spiro atoms. The van der Waals surface area contributed by atoms with Crippen LogP contribution in [-0.4, -0.2) is 44.8 Å². The number of carbonyl (C=O) groups excluding carboxylic acids is 2. The highest BCUT2D eigenvalue weighted by Gasteiger charge is 2.23. The summed E-state index contributed by atoms with van der Waals surface area (Å²) >= 11 is 0. The maximum Gasteiger partial charge on any atom is 0.260 e. The minimum absolute atomic E-state index is 0.0173. The standard InChI is InChI=1S/C26H35N3O5S/c1-20(2)26(31)29-17-9-5-3-4-8-16-28(18-21-10-6-7-11-24(21)29)25(30)19-34-22-12-14-23(15-13-22)35(27,32)33/h6-7,10-15,20H,3-5,8-9,16-19H2,1-2H3,(H2,27,32,33). The Kier molecular flexibility index (Phi) is 9.28. The van der Waals surface area contributed by atoms with Crippen LogP contribution in [0.3, 0.4) is 0 Å². The average Bonchev–Trinajstić information content (AvgIpc) is 2.82. The quantitative estimate of drug-likeness (QED) is 0.672. The van der Waals surface area contributed by atoms with Crippen LogP contribution in [0.2, 0.25) is 0 Å². The number of benzene rings is 2. The second kappa shape index (κ2) is 12.2. The van der Waals surface area contributed by atoms with Gasteiger partial charge in [-0.05, 0) is 48.7 Å². The van der Waals surface area contributed by atoms with Gasteiger partial charge in [0.1, 0.15) is 5.75 Å². The number of amides is 2. The molecule has 2 amide bonds. The van der Waals surface area contributed by atoms with Crippen LogP contribution in [0.15, 0.2) is 53.4 Å². The molecule has 35 heavy (non-hydrogen) atoms. The number of carbonyl (C=O) groups is 2. The lowest BCUT2D eigenvalue weighted by atomic mass is 10.1. The molecule has 2 aromatic carbocycles. The number of primary sulfonamides is 1. The number of nitrogens with two attached hydrogens (primary N) is 1. The van der Waals surface area contributed by atoms with Crippen molar-refractivity contribution in [3.63, 3.8) is 0 Å². The van der Waals surface area contributed by atoms with Crippen molar-refractivity contribution < 1.29 is 22.7 Å². The number of fused-ring (bicyclic) bond motifs is 1. The van der Waals surface area contributed by atoms with E-state index in [1.54, 1.807) is 4.90 Å². The first-order chi connectivity index (χ1) is 16.7. The minimum Gasteiger partial charge on any atom is -0.484 e. The monoisotopic (exact) mass is 501 g/mol. The lowest BCUT2D eigenvalue weighted by Crippen LogP contribution is -2.38. The fraction of sp³-hybridized carbons (Fsp3) is 0.462. The van der Waals surface area contributed by atoms with Gasteiger partial charge in [-0.3, -0.25) is 9.59 Å². The molecule has 9 heteroatoms. The molecule has 0 saturated carbocycles. The van der Waals surface area contributed by atoms with Crippen molar-refractivity contribution >= 4 is 27.5 Å². The van der Waals surface area contributed by atoms with E-state index >= 15 is 0 Å². The van der Waals surface area contributed by atoms with E-state index in [4.69, 9.17) is 9.88 Å². The molecule has 0 radical (unpaired) electrons. The predicted octanol–water partition coefficient (Wildman–Crippen LogP) is 3.69. The molecule has 0 aliphatic carbocycles. The van der Waals surface area contributed by atoms with Gasteiger partial charge in [-0.25, -0.2) is 13.6 Å². The molecule has 0 saturated heterocycles. The molecule has 0 fully saturated rings. The predicted molar refractivity (Wildman–Crippen MR) is 135 cm³/mol. The van der Waals surface area contributed by atoms with Crippen LogP contribution < -0.4 is 14.8 Å². The van der Waals surface area contributed by atoms with Gasteiger partial charge in [0.05, 0.1) is 4.90 Å². The van der Waals surface area contributed by atoms with Crippen LogP contribution in [0.25, 0.3) is 0 Å². The van der Waals surface area contributed by atoms with E-state index in [1.807, 2.05) is 43.0 Å². The van der Waals surface area contributed by atoms with E-state index in [-0.39, 0.29) is 29.2 Å². The second-order valence-corrected chi connectivity index (χ2v) is 10.7. The molecule has 8 nitrogen and oxygen atoms in total. The van der Waals surface area contributed by atoms with E-state index in [1.165, 1.54) is 24.3 Å². The zero-order valence-corrected chi connectivity index (χ0v) is 21.3. The van der Waals surface area contributed by atoms with E-state index in [0.717, 1.165) is 43.4 Å². The van der Waals surface area contributed by atoms with E-state index in [0.29, 0.717) is 25.4 Å². The summed E-state index contributed by atoms with van der Waals surface area (Å²) in [4.78, 5) is 29.8. The third kappa shape index (κ3) is 7.53. The summed E-state index contributed by atoms with van der Waals surface area (Å²) in [5.41, 5.74) is 1.78. The normalized spacial score (nSPS) is 15.7. The van der Waals surface area contributed by atoms with Gasteiger partial charge in [-0.2, -0.15) is 0 Å². The third-order valence-electron chi connectivity index (χ3n) is 6.08. The Morgan fingerprint density at radius 1 is 0.943 bits per heavy atom. The van der Waals surface area contributed by atoms with Gasteiger partial charge in [0.25, 0.3) is 5.91 Å². The van der Waals surface area contributed by atoms with Crippen LogP contribution in [-0.2, 0) is 26.2 Å². The fourth-order valence-electron chi connectivity index (χ4n) is 4.13. The molecule has 0 unspecified atom stereocenters. The molecule has 3 rings (SSSR count). The first kappa shape index (κ1) is 26.7. The van der Waals surface area contributed by atoms with Crippen molar-refractivity contribution in [2.24, 2.45) is 11.1 Å². The highest BCUT2D eigenvalue weighted by atomic mass is 32.2. The molecule has 1 heterocycles. The molecule has 190 valence electrons. The van der Waals surface area contributed by atoms with Gasteiger partial charge in [0.2, 0.25) is 15.9 Å². The number of rotatable bonds is 5. The summed E-state index contributed by atoms with van der Waals surface area (Å²) in [7, 11) is -3.79. The van der Waals surface area contributed by atoms with Crippen molar-refractivity contribution in [2.45, 2.75) is 57.4 Å². The summed E-state index contributed by atoms with van der Waals surface area (Å²) in [6.07, 6.45) is 4.95. The molecule has 0 atom stereocenters. The van der Waals surface area contributed by atoms with E-state index in [2.05, 4.69) is 0 Å². The van der Waals surface area contributed by atoms with Crippen molar-refractivity contribution in [1.82, 2.24) is 4.90 Å². The summed E-state index contributed by atoms with van der Waals surface area (Å²) in [5.74, 6) is 0.171. The Bertz CT molecular complexity index is 1120. The lowest BCUT2D eigenvalue weighted by molar-refractivity contribution is -0.134. The number of sulfonamides is 1. The fourth-order valence-corrected chi connectivity index (χ4v) is 4.65. The second-order valence-electron chi connectivity index (χ2n) is 9.16. The van der Waals surface area contributed by atoms with Crippen molar-refractivity contribution in [1.29, 1.82) is 0 Å². The smallest absolute Gasteiger partial charge is 0.260 e. The summed E-state index contributed by atoms with van der Waals surface area (Å²) in [6.45, 7) is 5.28. The average molecular weight is 502 g/mol. The van der Waals surface area contributed by atoms with Crippen LogP contribution in [0, 0.1) is 5.92 Å². The minimum atomic E-state index is -3.79. The summed E-state index contributed by atoms with van der Waals surface area (Å²) < 4.78 is 28.5. The van der Waals surface area contributed by atoms with Crippen LogP contribution in [0.1, 0.15) is 51.5 Å². The first-order valence-corrected chi connectivity index (χ1v) is 13.6. The van der Waals surface area contributed by atoms with Crippen molar-refractivity contribution in [2.75, 3.05) is 24.6 Å². The number of hydrogen-bond acceptors (Lipinski definition) is 5. The maximum atomic E-state index is 13.2. The van der Waals surface area contributed by atoms with Gasteiger partial charge in [-0.15, -0.1) is 0 Å². The van der Waals surface area contributed by atoms with Crippen LogP contribution in [0.5, 0.6) is 5.75 Å². The zero-order chi connectivity index (χ0) is 25.4. The Labute approximate surface area is 208 Å². The largest absolute Gasteiger partial charge is 0.484 e. The third-order valence-corrected chi connectivity index (χ3v) is 7.01. The van der Waals surface area contributed by atoms with E-state index < -0.39 is 10.0 Å². The Morgan fingerprint density at radius 2 is 1.57 bits per heavy atom. The van der Waals surface area contributed by atoms with Crippen molar-refractivity contribution in [3.05, 3.63) is 54.1 Å².